The number of methoxy groups -OCH3 is 1. The molecule has 0 saturated carbocycles. The lowest BCUT2D eigenvalue weighted by atomic mass is 10.0. The highest BCUT2D eigenvalue weighted by Crippen LogP contribution is 2.25. The second-order valence-electron chi connectivity index (χ2n) is 6.82. The molecule has 3 aromatic rings. The average Bonchev–Trinajstić information content (AvgIpc) is 3.00. The van der Waals surface area contributed by atoms with Gasteiger partial charge in [0.05, 0.1) is 23.9 Å². The summed E-state index contributed by atoms with van der Waals surface area (Å²) >= 11 is 0. The van der Waals surface area contributed by atoms with Crippen molar-refractivity contribution in [3.63, 3.8) is 0 Å². The van der Waals surface area contributed by atoms with E-state index >= 15 is 0 Å². The fraction of sp³-hybridized carbons (Fsp3) is 0.273. The summed E-state index contributed by atoms with van der Waals surface area (Å²) in [5.41, 5.74) is 3.83. The van der Waals surface area contributed by atoms with Crippen LogP contribution in [0.3, 0.4) is 0 Å². The number of esters is 2. The maximum Gasteiger partial charge on any atom is 0.355 e. The van der Waals surface area contributed by atoms with Crippen LogP contribution in [0.4, 0.5) is 0 Å². The summed E-state index contributed by atoms with van der Waals surface area (Å²) in [6, 6.07) is 7.40. The topological polar surface area (TPSA) is 98.4 Å². The molecule has 29 heavy (non-hydrogen) atoms. The summed E-state index contributed by atoms with van der Waals surface area (Å²) in [6.07, 6.45) is 0. The average molecular weight is 394 g/mol. The molecule has 0 aliphatic rings. The van der Waals surface area contributed by atoms with Gasteiger partial charge in [0.15, 0.2) is 5.78 Å². The first-order chi connectivity index (χ1) is 13.8. The van der Waals surface area contributed by atoms with E-state index in [9.17, 15) is 14.4 Å². The Balaban J connectivity index is 1.96. The number of carbonyl (C=O) groups excluding carboxylic acids is 3. The molecule has 0 spiro atoms. The third kappa shape index (κ3) is 3.63. The summed E-state index contributed by atoms with van der Waals surface area (Å²) < 4.78 is 10.3. The van der Waals surface area contributed by atoms with Crippen molar-refractivity contribution in [1.29, 1.82) is 0 Å². The number of H-pyrrole nitrogens is 1. The fourth-order valence-corrected chi connectivity index (χ4v) is 3.61. The second kappa shape index (κ2) is 7.87. The molecule has 0 fully saturated rings. The van der Waals surface area contributed by atoms with Gasteiger partial charge >= 0.3 is 11.9 Å². The number of aryl methyl sites for hydroxylation is 2. The molecule has 0 atom stereocenters. The predicted octanol–water partition coefficient (Wildman–Crippen LogP) is 3.83. The molecule has 150 valence electrons. The van der Waals surface area contributed by atoms with Crippen molar-refractivity contribution in [2.24, 2.45) is 0 Å². The largest absolute Gasteiger partial charge is 0.465 e. The number of hydrogen-bond donors (Lipinski definition) is 1. The van der Waals surface area contributed by atoms with E-state index in [2.05, 4.69) is 9.97 Å². The second-order valence-corrected chi connectivity index (χ2v) is 6.82. The monoisotopic (exact) mass is 394 g/mol. The third-order valence-electron chi connectivity index (χ3n) is 4.95. The molecule has 1 aromatic carbocycles. The van der Waals surface area contributed by atoms with E-state index in [1.807, 2.05) is 24.3 Å². The van der Waals surface area contributed by atoms with Crippen LogP contribution in [0, 0.1) is 20.8 Å². The third-order valence-corrected chi connectivity index (χ3v) is 4.95. The van der Waals surface area contributed by atoms with E-state index in [-0.39, 0.29) is 23.6 Å². The fourth-order valence-electron chi connectivity index (χ4n) is 3.61. The number of ketones is 1. The van der Waals surface area contributed by atoms with Crippen molar-refractivity contribution in [1.82, 2.24) is 9.97 Å². The molecule has 2 aromatic heterocycles. The lowest BCUT2D eigenvalue weighted by Crippen LogP contribution is -2.14. The lowest BCUT2D eigenvalue weighted by Gasteiger charge is -2.13. The van der Waals surface area contributed by atoms with Gasteiger partial charge < -0.3 is 14.5 Å². The van der Waals surface area contributed by atoms with Gasteiger partial charge in [-0.05, 0) is 44.9 Å². The zero-order valence-corrected chi connectivity index (χ0v) is 17.0. The van der Waals surface area contributed by atoms with Gasteiger partial charge in [0, 0.05) is 16.6 Å². The number of nitrogens with one attached hydrogen (secondary N) is 1. The Morgan fingerprint density at radius 1 is 1.00 bits per heavy atom. The van der Waals surface area contributed by atoms with Crippen LogP contribution in [0.15, 0.2) is 24.3 Å². The van der Waals surface area contributed by atoms with Gasteiger partial charge in [-0.15, -0.1) is 0 Å². The number of fused-ring (bicyclic) bond motifs is 1. The van der Waals surface area contributed by atoms with E-state index in [0.717, 1.165) is 5.39 Å². The SMILES string of the molecule is COC(=O)c1c(COC(=O)c2[nH]c(C)c(C(C)=O)c2C)nc2ccccc2c1C. The molecular formula is C22H22N2O5. The summed E-state index contributed by atoms with van der Waals surface area (Å²) in [5.74, 6) is -1.30. The molecule has 0 unspecified atom stereocenters. The molecule has 7 nitrogen and oxygen atoms in total. The van der Waals surface area contributed by atoms with Crippen LogP contribution in [0.5, 0.6) is 0 Å². The number of pyridine rings is 1. The molecule has 0 saturated heterocycles. The van der Waals surface area contributed by atoms with Crippen molar-refractivity contribution >= 4 is 28.6 Å². The van der Waals surface area contributed by atoms with Crippen molar-refractivity contribution in [3.05, 3.63) is 63.6 Å². The molecule has 0 aliphatic heterocycles. The first-order valence-corrected chi connectivity index (χ1v) is 9.10. The number of nitrogens with zero attached hydrogens (tertiary/aromatic N) is 1. The van der Waals surface area contributed by atoms with Crippen molar-refractivity contribution in [2.45, 2.75) is 34.3 Å². The number of benzene rings is 1. The maximum atomic E-state index is 12.6. The number of aromatic amines is 1. The van der Waals surface area contributed by atoms with Crippen molar-refractivity contribution in [3.8, 4) is 0 Å². The van der Waals surface area contributed by atoms with Gasteiger partial charge in [-0.25, -0.2) is 14.6 Å². The summed E-state index contributed by atoms with van der Waals surface area (Å²) in [4.78, 5) is 44.2. The zero-order valence-electron chi connectivity index (χ0n) is 17.0. The quantitative estimate of drug-likeness (QED) is 0.522. The molecule has 0 amide bonds. The normalized spacial score (nSPS) is 10.8. The van der Waals surface area contributed by atoms with E-state index < -0.39 is 11.9 Å². The maximum absolute atomic E-state index is 12.6. The Labute approximate surface area is 168 Å². The Bertz CT molecular complexity index is 1140. The first-order valence-electron chi connectivity index (χ1n) is 9.10. The van der Waals surface area contributed by atoms with Crippen LogP contribution < -0.4 is 0 Å². The van der Waals surface area contributed by atoms with Gasteiger partial charge in [-0.1, -0.05) is 18.2 Å². The number of Topliss-reactive ketones (excluding diaryl/α,β-unsaturated/α-hetero) is 1. The first kappa shape index (κ1) is 20.3. The molecule has 1 N–H and O–H groups in total. The van der Waals surface area contributed by atoms with E-state index in [4.69, 9.17) is 9.47 Å². The highest BCUT2D eigenvalue weighted by molar-refractivity contribution is 6.01. The van der Waals surface area contributed by atoms with Crippen molar-refractivity contribution in [2.75, 3.05) is 7.11 Å². The molecule has 0 radical (unpaired) electrons. The van der Waals surface area contributed by atoms with Crippen LogP contribution in [0.1, 0.15) is 60.6 Å². The Morgan fingerprint density at radius 2 is 1.69 bits per heavy atom. The van der Waals surface area contributed by atoms with E-state index in [0.29, 0.717) is 33.6 Å². The van der Waals surface area contributed by atoms with Gasteiger partial charge in [-0.3, -0.25) is 4.79 Å². The van der Waals surface area contributed by atoms with Crippen molar-refractivity contribution < 1.29 is 23.9 Å². The number of ether oxygens (including phenoxy) is 2. The van der Waals surface area contributed by atoms with Gasteiger partial charge in [-0.2, -0.15) is 0 Å². The Kier molecular flexibility index (Phi) is 5.50. The molecule has 2 heterocycles. The van der Waals surface area contributed by atoms with Gasteiger partial charge in [0.2, 0.25) is 0 Å². The summed E-state index contributed by atoms with van der Waals surface area (Å²) in [6.45, 7) is 6.46. The summed E-state index contributed by atoms with van der Waals surface area (Å²) in [7, 11) is 1.29. The predicted molar refractivity (Wildman–Crippen MR) is 107 cm³/mol. The highest BCUT2D eigenvalue weighted by Gasteiger charge is 2.23. The van der Waals surface area contributed by atoms with Gasteiger partial charge in [0.25, 0.3) is 0 Å². The molecular weight excluding hydrogens is 372 g/mol. The number of hydrogen-bond acceptors (Lipinski definition) is 6. The number of aromatic nitrogens is 2. The summed E-state index contributed by atoms with van der Waals surface area (Å²) in [5, 5.41) is 0.824. The van der Waals surface area contributed by atoms with Crippen LogP contribution in [-0.4, -0.2) is 34.8 Å². The minimum absolute atomic E-state index is 0.130. The Hall–Kier alpha value is -3.48. The zero-order chi connectivity index (χ0) is 21.3. The standard InChI is InChI=1S/C22H22N2O5/c1-11-15-8-6-7-9-16(15)24-17(19(11)21(26)28-5)10-29-22(27)20-12(2)18(14(4)25)13(3)23-20/h6-9,23H,10H2,1-5H3. The Morgan fingerprint density at radius 3 is 2.31 bits per heavy atom. The number of carbonyl (C=O) groups is 3. The molecule has 3 rings (SSSR count). The van der Waals surface area contributed by atoms with Crippen LogP contribution in [0.25, 0.3) is 10.9 Å². The highest BCUT2D eigenvalue weighted by atomic mass is 16.5. The van der Waals surface area contributed by atoms with Crippen LogP contribution in [0.2, 0.25) is 0 Å². The number of para-hydroxylation sites is 1. The number of rotatable bonds is 5. The minimum Gasteiger partial charge on any atom is -0.465 e. The van der Waals surface area contributed by atoms with Crippen LogP contribution >= 0.6 is 0 Å². The van der Waals surface area contributed by atoms with Gasteiger partial charge in [0.1, 0.15) is 12.3 Å². The molecule has 0 bridgehead atoms. The van der Waals surface area contributed by atoms with Crippen LogP contribution in [-0.2, 0) is 16.1 Å². The lowest BCUT2D eigenvalue weighted by molar-refractivity contribution is 0.0449. The smallest absolute Gasteiger partial charge is 0.355 e. The van der Waals surface area contributed by atoms with E-state index in [1.54, 1.807) is 20.8 Å². The minimum atomic E-state index is -0.624. The molecule has 7 heteroatoms. The van der Waals surface area contributed by atoms with E-state index in [1.165, 1.54) is 14.0 Å². The molecule has 0 aliphatic carbocycles.